The molecule has 0 saturated heterocycles. The summed E-state index contributed by atoms with van der Waals surface area (Å²) in [4.78, 5) is 22.2. The summed E-state index contributed by atoms with van der Waals surface area (Å²) in [5.41, 5.74) is 10.6. The van der Waals surface area contributed by atoms with E-state index < -0.39 is 5.91 Å². The molecule has 5 N–H and O–H groups in total. The lowest BCUT2D eigenvalue weighted by molar-refractivity contribution is -0.121. The zero-order valence-corrected chi connectivity index (χ0v) is 9.01. The number of hydrogen-bond acceptors (Lipinski definition) is 5. The van der Waals surface area contributed by atoms with Crippen LogP contribution in [0.5, 0.6) is 0 Å². The van der Waals surface area contributed by atoms with Crippen molar-refractivity contribution in [3.63, 3.8) is 0 Å². The number of nitriles is 1. The summed E-state index contributed by atoms with van der Waals surface area (Å²) >= 11 is 0. The first-order chi connectivity index (χ1) is 8.04. The molecule has 90 valence electrons. The van der Waals surface area contributed by atoms with Crippen molar-refractivity contribution in [2.45, 2.75) is 13.0 Å². The molecule has 1 rings (SSSR count). The summed E-state index contributed by atoms with van der Waals surface area (Å²) in [6, 6.07) is 1.90. The van der Waals surface area contributed by atoms with Gasteiger partial charge in [0.2, 0.25) is 5.91 Å². The quantitative estimate of drug-likeness (QED) is 0.539. The van der Waals surface area contributed by atoms with Crippen LogP contribution in [0.3, 0.4) is 0 Å². The van der Waals surface area contributed by atoms with Crippen molar-refractivity contribution >= 4 is 17.5 Å². The lowest BCUT2D eigenvalue weighted by atomic mass is 10.4. The number of nitrogens with one attached hydrogen (secondary N) is 1. The van der Waals surface area contributed by atoms with Crippen molar-refractivity contribution in [3.8, 4) is 6.07 Å². The zero-order valence-electron chi connectivity index (χ0n) is 9.01. The van der Waals surface area contributed by atoms with E-state index in [9.17, 15) is 9.59 Å². The molecular weight excluding hydrogens is 224 g/mol. The number of carbonyl (C=O) groups excluding carboxylic acids is 2. The van der Waals surface area contributed by atoms with Crippen LogP contribution in [0.25, 0.3) is 0 Å². The van der Waals surface area contributed by atoms with Crippen molar-refractivity contribution in [2.75, 3.05) is 12.3 Å². The van der Waals surface area contributed by atoms with Gasteiger partial charge < -0.3 is 16.8 Å². The summed E-state index contributed by atoms with van der Waals surface area (Å²) in [5.74, 6) is -1.06. The Morgan fingerprint density at radius 3 is 2.82 bits per heavy atom. The third-order valence-corrected chi connectivity index (χ3v) is 1.89. The normalized spacial score (nSPS) is 9.59. The minimum atomic E-state index is -0.744. The number of nitrogens with zero attached hydrogens (tertiary/aromatic N) is 3. The summed E-state index contributed by atoms with van der Waals surface area (Å²) in [5, 5.41) is 14.6. The highest BCUT2D eigenvalue weighted by molar-refractivity contribution is 5.95. The molecule has 0 spiro atoms. The van der Waals surface area contributed by atoms with E-state index >= 15 is 0 Å². The Morgan fingerprint density at radius 1 is 1.59 bits per heavy atom. The van der Waals surface area contributed by atoms with Gasteiger partial charge in [-0.05, 0) is 0 Å². The third-order valence-electron chi connectivity index (χ3n) is 1.89. The molecule has 0 aliphatic carbocycles. The molecule has 1 aromatic rings. The van der Waals surface area contributed by atoms with Crippen molar-refractivity contribution in [2.24, 2.45) is 5.73 Å². The van der Waals surface area contributed by atoms with Gasteiger partial charge in [0.15, 0.2) is 5.69 Å². The van der Waals surface area contributed by atoms with Gasteiger partial charge in [0.25, 0.3) is 5.91 Å². The summed E-state index contributed by atoms with van der Waals surface area (Å²) in [7, 11) is 0. The predicted octanol–water partition coefficient (Wildman–Crippen LogP) is -1.41. The number of anilines is 1. The van der Waals surface area contributed by atoms with Gasteiger partial charge in [0, 0.05) is 12.7 Å². The Kier molecular flexibility index (Phi) is 4.05. The first-order valence-corrected chi connectivity index (χ1v) is 4.81. The highest BCUT2D eigenvalue weighted by Crippen LogP contribution is 2.07. The molecule has 0 unspecified atom stereocenters. The average molecular weight is 236 g/mol. The maximum Gasteiger partial charge on any atom is 0.271 e. The third kappa shape index (κ3) is 3.49. The van der Waals surface area contributed by atoms with Crippen molar-refractivity contribution in [1.29, 1.82) is 5.26 Å². The van der Waals surface area contributed by atoms with Gasteiger partial charge in [0.1, 0.15) is 6.54 Å². The largest absolute Gasteiger partial charge is 0.396 e. The molecule has 0 atom stereocenters. The molecule has 8 heteroatoms. The molecule has 0 radical (unpaired) electrons. The van der Waals surface area contributed by atoms with Gasteiger partial charge >= 0.3 is 0 Å². The van der Waals surface area contributed by atoms with Gasteiger partial charge in [-0.3, -0.25) is 14.3 Å². The van der Waals surface area contributed by atoms with E-state index in [4.69, 9.17) is 16.7 Å². The SMILES string of the molecule is N#CCCNC(=O)Cn1cc(N)c(C(N)=O)n1. The smallest absolute Gasteiger partial charge is 0.271 e. The number of hydrogen-bond donors (Lipinski definition) is 3. The van der Waals surface area contributed by atoms with Crippen LogP contribution in [-0.4, -0.2) is 28.1 Å². The number of carbonyl (C=O) groups is 2. The molecule has 1 aromatic heterocycles. The summed E-state index contributed by atoms with van der Waals surface area (Å²) in [6.45, 7) is 0.192. The molecule has 0 aromatic carbocycles. The number of rotatable bonds is 5. The first kappa shape index (κ1) is 12.5. The second kappa shape index (κ2) is 5.50. The van der Waals surface area contributed by atoms with Gasteiger partial charge in [0.05, 0.1) is 18.2 Å². The van der Waals surface area contributed by atoms with Crippen LogP contribution in [0, 0.1) is 11.3 Å². The lowest BCUT2D eigenvalue weighted by Gasteiger charge is -2.02. The van der Waals surface area contributed by atoms with Gasteiger partial charge in [-0.15, -0.1) is 0 Å². The monoisotopic (exact) mass is 236 g/mol. The van der Waals surface area contributed by atoms with Gasteiger partial charge in [-0.2, -0.15) is 10.4 Å². The Labute approximate surface area is 97.2 Å². The fourth-order valence-electron chi connectivity index (χ4n) is 1.17. The van der Waals surface area contributed by atoms with Crippen LogP contribution >= 0.6 is 0 Å². The predicted molar refractivity (Wildman–Crippen MR) is 58.4 cm³/mol. The lowest BCUT2D eigenvalue weighted by Crippen LogP contribution is -2.28. The van der Waals surface area contributed by atoms with E-state index in [1.165, 1.54) is 10.9 Å². The molecule has 17 heavy (non-hydrogen) atoms. The fourth-order valence-corrected chi connectivity index (χ4v) is 1.17. The topological polar surface area (TPSA) is 140 Å². The van der Waals surface area contributed by atoms with E-state index in [-0.39, 0.29) is 36.8 Å². The molecule has 0 saturated carbocycles. The second-order valence-corrected chi connectivity index (χ2v) is 3.25. The fraction of sp³-hybridized carbons (Fsp3) is 0.333. The maximum atomic E-state index is 11.3. The van der Waals surface area contributed by atoms with Crippen molar-refractivity contribution in [3.05, 3.63) is 11.9 Å². The number of aromatic nitrogens is 2. The minimum absolute atomic E-state index is 0.0603. The van der Waals surface area contributed by atoms with Crippen LogP contribution in [0.15, 0.2) is 6.20 Å². The number of nitrogen functional groups attached to an aromatic ring is 1. The van der Waals surface area contributed by atoms with E-state index in [0.29, 0.717) is 0 Å². The first-order valence-electron chi connectivity index (χ1n) is 4.81. The zero-order chi connectivity index (χ0) is 12.8. The Bertz CT molecular complexity index is 472. The van der Waals surface area contributed by atoms with Crippen molar-refractivity contribution < 1.29 is 9.59 Å². The van der Waals surface area contributed by atoms with E-state index in [1.807, 2.05) is 6.07 Å². The molecular formula is C9H12N6O2. The molecule has 0 aliphatic heterocycles. The molecule has 8 nitrogen and oxygen atoms in total. The molecule has 2 amide bonds. The summed E-state index contributed by atoms with van der Waals surface area (Å²) < 4.78 is 1.22. The van der Waals surface area contributed by atoms with Gasteiger partial charge in [-0.25, -0.2) is 0 Å². The van der Waals surface area contributed by atoms with Crippen LogP contribution in [0.2, 0.25) is 0 Å². The van der Waals surface area contributed by atoms with Crippen LogP contribution in [0.4, 0.5) is 5.69 Å². The molecule has 0 aliphatic rings. The van der Waals surface area contributed by atoms with E-state index in [0.717, 1.165) is 0 Å². The van der Waals surface area contributed by atoms with Crippen LogP contribution < -0.4 is 16.8 Å². The molecule has 1 heterocycles. The van der Waals surface area contributed by atoms with Gasteiger partial charge in [-0.1, -0.05) is 0 Å². The van der Waals surface area contributed by atoms with Crippen LogP contribution in [-0.2, 0) is 11.3 Å². The average Bonchev–Trinajstić information content (AvgIpc) is 2.60. The van der Waals surface area contributed by atoms with E-state index in [2.05, 4.69) is 10.4 Å². The maximum absolute atomic E-state index is 11.3. The molecule has 0 bridgehead atoms. The van der Waals surface area contributed by atoms with Crippen molar-refractivity contribution in [1.82, 2.24) is 15.1 Å². The minimum Gasteiger partial charge on any atom is -0.396 e. The summed E-state index contributed by atoms with van der Waals surface area (Å²) in [6.07, 6.45) is 1.59. The Balaban J connectivity index is 2.57. The Morgan fingerprint density at radius 2 is 2.29 bits per heavy atom. The Hall–Kier alpha value is -2.56. The van der Waals surface area contributed by atoms with Crippen LogP contribution in [0.1, 0.15) is 16.9 Å². The highest BCUT2D eigenvalue weighted by atomic mass is 16.2. The number of amides is 2. The van der Waals surface area contributed by atoms with E-state index in [1.54, 1.807) is 0 Å². The highest BCUT2D eigenvalue weighted by Gasteiger charge is 2.12. The second-order valence-electron chi connectivity index (χ2n) is 3.25. The molecule has 0 fully saturated rings. The standard InChI is InChI=1S/C9H12N6O2/c10-2-1-3-13-7(16)5-15-4-6(11)8(14-15)9(12)17/h4H,1,3,5,11H2,(H2,12,17)(H,13,16). The number of nitrogens with two attached hydrogens (primary N) is 2. The number of primary amides is 1.